The Hall–Kier alpha value is -3.00. The van der Waals surface area contributed by atoms with Gasteiger partial charge in [0, 0.05) is 24.4 Å². The number of nitrogens with zero attached hydrogens (tertiary/aromatic N) is 3. The van der Waals surface area contributed by atoms with Crippen molar-refractivity contribution < 1.29 is 14.7 Å². The molecule has 0 unspecified atom stereocenters. The van der Waals surface area contributed by atoms with Gasteiger partial charge in [-0.05, 0) is 17.5 Å². The SMILES string of the molecule is CC(C)c1nc2scc(C(=O)O)c2c(=O)n1CC(=O)N1CCc2ccccc2C1. The summed E-state index contributed by atoms with van der Waals surface area (Å²) in [4.78, 5) is 44.3. The highest BCUT2D eigenvalue weighted by Crippen LogP contribution is 2.24. The Morgan fingerprint density at radius 3 is 2.66 bits per heavy atom. The summed E-state index contributed by atoms with van der Waals surface area (Å²) in [5, 5.41) is 10.9. The van der Waals surface area contributed by atoms with E-state index >= 15 is 0 Å². The van der Waals surface area contributed by atoms with E-state index in [9.17, 15) is 19.5 Å². The van der Waals surface area contributed by atoms with Crippen LogP contribution in [0.2, 0.25) is 0 Å². The minimum Gasteiger partial charge on any atom is -0.478 e. The second kappa shape index (κ2) is 7.44. The molecule has 0 atom stereocenters. The van der Waals surface area contributed by atoms with Crippen LogP contribution < -0.4 is 5.56 Å². The average Bonchev–Trinajstić information content (AvgIpc) is 3.14. The van der Waals surface area contributed by atoms with E-state index < -0.39 is 11.5 Å². The first kappa shape index (κ1) is 19.3. The van der Waals surface area contributed by atoms with Gasteiger partial charge in [-0.1, -0.05) is 38.1 Å². The largest absolute Gasteiger partial charge is 0.478 e. The average molecular weight is 411 g/mol. The van der Waals surface area contributed by atoms with Crippen molar-refractivity contribution in [1.29, 1.82) is 0 Å². The quantitative estimate of drug-likeness (QED) is 0.713. The second-order valence-corrected chi connectivity index (χ2v) is 8.34. The van der Waals surface area contributed by atoms with Crippen LogP contribution in [0.1, 0.15) is 47.1 Å². The highest BCUT2D eigenvalue weighted by molar-refractivity contribution is 7.17. The minimum atomic E-state index is -1.17. The molecule has 4 rings (SSSR count). The zero-order valence-electron chi connectivity index (χ0n) is 16.2. The molecule has 8 heteroatoms. The van der Waals surface area contributed by atoms with Gasteiger partial charge in [0.1, 0.15) is 17.2 Å². The smallest absolute Gasteiger partial charge is 0.337 e. The maximum absolute atomic E-state index is 13.2. The topological polar surface area (TPSA) is 92.5 Å². The number of hydrogen-bond donors (Lipinski definition) is 1. The summed E-state index contributed by atoms with van der Waals surface area (Å²) in [6, 6.07) is 8.03. The summed E-state index contributed by atoms with van der Waals surface area (Å²) in [5.41, 5.74) is 1.82. The Morgan fingerprint density at radius 2 is 1.97 bits per heavy atom. The summed E-state index contributed by atoms with van der Waals surface area (Å²) in [7, 11) is 0. The number of carbonyl (C=O) groups is 2. The monoisotopic (exact) mass is 411 g/mol. The van der Waals surface area contributed by atoms with Gasteiger partial charge in [-0.15, -0.1) is 11.3 Å². The highest BCUT2D eigenvalue weighted by Gasteiger charge is 2.25. The van der Waals surface area contributed by atoms with E-state index in [1.807, 2.05) is 32.0 Å². The number of carboxylic acids is 1. The molecular weight excluding hydrogens is 390 g/mol. The van der Waals surface area contributed by atoms with Crippen LogP contribution >= 0.6 is 11.3 Å². The fourth-order valence-corrected chi connectivity index (χ4v) is 4.64. The molecule has 29 heavy (non-hydrogen) atoms. The Morgan fingerprint density at radius 1 is 1.24 bits per heavy atom. The van der Waals surface area contributed by atoms with Crippen LogP contribution in [0.25, 0.3) is 10.2 Å². The van der Waals surface area contributed by atoms with Crippen molar-refractivity contribution in [3.63, 3.8) is 0 Å². The molecule has 0 fully saturated rings. The van der Waals surface area contributed by atoms with E-state index in [0.29, 0.717) is 23.7 Å². The van der Waals surface area contributed by atoms with Crippen LogP contribution in [0.5, 0.6) is 0 Å². The number of fused-ring (bicyclic) bond motifs is 2. The van der Waals surface area contributed by atoms with E-state index in [0.717, 1.165) is 23.3 Å². The molecule has 0 bridgehead atoms. The van der Waals surface area contributed by atoms with Crippen molar-refractivity contribution in [3.05, 3.63) is 62.5 Å². The van der Waals surface area contributed by atoms with Crippen LogP contribution in [-0.4, -0.2) is 38.0 Å². The van der Waals surface area contributed by atoms with E-state index in [2.05, 4.69) is 11.1 Å². The maximum atomic E-state index is 13.2. The molecule has 7 nitrogen and oxygen atoms in total. The van der Waals surface area contributed by atoms with Crippen LogP contribution in [0.4, 0.5) is 0 Å². The molecule has 2 aromatic heterocycles. The van der Waals surface area contributed by atoms with Gasteiger partial charge in [-0.2, -0.15) is 0 Å². The summed E-state index contributed by atoms with van der Waals surface area (Å²) >= 11 is 1.14. The van der Waals surface area contributed by atoms with Crippen molar-refractivity contribution >= 4 is 33.4 Å². The third-order valence-electron chi connectivity index (χ3n) is 5.25. The molecule has 1 amide bonds. The first-order valence-electron chi connectivity index (χ1n) is 9.46. The molecule has 1 aromatic carbocycles. The van der Waals surface area contributed by atoms with Crippen LogP contribution in [-0.2, 0) is 24.3 Å². The first-order chi connectivity index (χ1) is 13.9. The lowest BCUT2D eigenvalue weighted by Crippen LogP contribution is -2.40. The minimum absolute atomic E-state index is 0.0640. The zero-order valence-corrected chi connectivity index (χ0v) is 17.0. The number of aromatic nitrogens is 2. The lowest BCUT2D eigenvalue weighted by molar-refractivity contribution is -0.132. The number of benzene rings is 1. The molecule has 3 heterocycles. The summed E-state index contributed by atoms with van der Waals surface area (Å²) in [5.74, 6) is -0.931. The lowest BCUT2D eigenvalue weighted by atomic mass is 10.00. The van der Waals surface area contributed by atoms with Gasteiger partial charge in [0.05, 0.1) is 10.9 Å². The van der Waals surface area contributed by atoms with Crippen molar-refractivity contribution in [1.82, 2.24) is 14.5 Å². The van der Waals surface area contributed by atoms with Crippen molar-refractivity contribution in [3.8, 4) is 0 Å². The van der Waals surface area contributed by atoms with E-state index in [-0.39, 0.29) is 29.3 Å². The van der Waals surface area contributed by atoms with Crippen LogP contribution in [0.15, 0.2) is 34.4 Å². The van der Waals surface area contributed by atoms with Crippen LogP contribution in [0.3, 0.4) is 0 Å². The lowest BCUT2D eigenvalue weighted by Gasteiger charge is -2.29. The van der Waals surface area contributed by atoms with Gasteiger partial charge in [0.25, 0.3) is 5.56 Å². The van der Waals surface area contributed by atoms with Gasteiger partial charge in [0.15, 0.2) is 0 Å². The molecule has 0 saturated heterocycles. The molecule has 0 spiro atoms. The third kappa shape index (κ3) is 3.44. The maximum Gasteiger partial charge on any atom is 0.337 e. The first-order valence-corrected chi connectivity index (χ1v) is 10.3. The predicted molar refractivity (Wildman–Crippen MR) is 110 cm³/mol. The van der Waals surface area contributed by atoms with Gasteiger partial charge in [0.2, 0.25) is 5.91 Å². The van der Waals surface area contributed by atoms with Gasteiger partial charge >= 0.3 is 5.97 Å². The van der Waals surface area contributed by atoms with Crippen molar-refractivity contribution in [2.75, 3.05) is 6.54 Å². The number of thiophene rings is 1. The molecule has 1 aliphatic rings. The van der Waals surface area contributed by atoms with Crippen molar-refractivity contribution in [2.45, 2.75) is 39.3 Å². The van der Waals surface area contributed by atoms with E-state index in [4.69, 9.17) is 0 Å². The molecule has 1 aliphatic heterocycles. The number of hydrogen-bond acceptors (Lipinski definition) is 5. The summed E-state index contributed by atoms with van der Waals surface area (Å²) in [6.07, 6.45) is 0.777. The van der Waals surface area contributed by atoms with Gasteiger partial charge < -0.3 is 10.0 Å². The van der Waals surface area contributed by atoms with E-state index in [1.54, 1.807) is 4.90 Å². The third-order valence-corrected chi connectivity index (χ3v) is 6.12. The highest BCUT2D eigenvalue weighted by atomic mass is 32.1. The Balaban J connectivity index is 1.71. The molecule has 150 valence electrons. The molecule has 0 radical (unpaired) electrons. The van der Waals surface area contributed by atoms with Crippen LogP contribution in [0, 0.1) is 0 Å². The number of carbonyl (C=O) groups excluding carboxylic acids is 1. The molecule has 0 saturated carbocycles. The number of aromatic carboxylic acids is 1. The standard InChI is InChI=1S/C21H21N3O4S/c1-12(2)18-22-19-17(15(11-29-19)21(27)28)20(26)24(18)10-16(25)23-8-7-13-5-3-4-6-14(13)9-23/h3-6,11-12H,7-10H2,1-2H3,(H,27,28). The predicted octanol–water partition coefficient (Wildman–Crippen LogP) is 2.86. The fraction of sp³-hybridized carbons (Fsp3) is 0.333. The summed E-state index contributed by atoms with van der Waals surface area (Å²) in [6.45, 7) is 4.76. The summed E-state index contributed by atoms with van der Waals surface area (Å²) < 4.78 is 1.34. The molecule has 3 aromatic rings. The van der Waals surface area contributed by atoms with Gasteiger partial charge in [-0.25, -0.2) is 9.78 Å². The zero-order chi connectivity index (χ0) is 20.7. The molecule has 1 N–H and O–H groups in total. The number of amides is 1. The normalized spacial score (nSPS) is 13.7. The molecule has 0 aliphatic carbocycles. The molecular formula is C21H21N3O4S. The Labute approximate surface area is 171 Å². The number of rotatable bonds is 4. The Bertz CT molecular complexity index is 1180. The Kier molecular flexibility index (Phi) is 4.96. The van der Waals surface area contributed by atoms with E-state index in [1.165, 1.54) is 15.5 Å². The second-order valence-electron chi connectivity index (χ2n) is 7.48. The number of carboxylic acid groups (broad SMARTS) is 1. The fourth-order valence-electron chi connectivity index (χ4n) is 3.73. The van der Waals surface area contributed by atoms with Crippen molar-refractivity contribution in [2.24, 2.45) is 0 Å². The van der Waals surface area contributed by atoms with Gasteiger partial charge in [-0.3, -0.25) is 14.2 Å².